The van der Waals surface area contributed by atoms with Crippen LogP contribution in [-0.4, -0.2) is 56.2 Å². The van der Waals surface area contributed by atoms with Crippen molar-refractivity contribution in [2.45, 2.75) is 58.5 Å². The zero-order valence-corrected chi connectivity index (χ0v) is 18.3. The minimum atomic E-state index is -0.115. The number of fused-ring (bicyclic) bond motifs is 1. The Balaban J connectivity index is 1.48. The summed E-state index contributed by atoms with van der Waals surface area (Å²) in [7, 11) is 0. The predicted molar refractivity (Wildman–Crippen MR) is 116 cm³/mol. The van der Waals surface area contributed by atoms with Crippen LogP contribution in [-0.2, 0) is 0 Å². The van der Waals surface area contributed by atoms with Crippen molar-refractivity contribution in [3.05, 3.63) is 40.5 Å². The summed E-state index contributed by atoms with van der Waals surface area (Å²) in [6.07, 6.45) is 5.90. The van der Waals surface area contributed by atoms with Crippen LogP contribution in [0.3, 0.4) is 0 Å². The molecule has 0 bridgehead atoms. The Morgan fingerprint density at radius 1 is 1.19 bits per heavy atom. The molecule has 0 saturated carbocycles. The third-order valence-electron chi connectivity index (χ3n) is 6.60. The minimum absolute atomic E-state index is 0.100. The van der Waals surface area contributed by atoms with E-state index in [4.69, 9.17) is 20.3 Å². The van der Waals surface area contributed by atoms with Crippen molar-refractivity contribution < 1.29 is 9.32 Å². The Bertz CT molecular complexity index is 1130. The highest BCUT2D eigenvalue weighted by molar-refractivity contribution is 5.93. The van der Waals surface area contributed by atoms with Gasteiger partial charge in [-0.25, -0.2) is 9.50 Å². The first kappa shape index (κ1) is 20.0. The zero-order valence-electron chi connectivity index (χ0n) is 18.3. The highest BCUT2D eigenvalue weighted by atomic mass is 16.5. The second-order valence-electron chi connectivity index (χ2n) is 8.85. The van der Waals surface area contributed by atoms with Crippen molar-refractivity contribution in [1.82, 2.24) is 24.7 Å². The fourth-order valence-corrected chi connectivity index (χ4v) is 4.71. The van der Waals surface area contributed by atoms with Gasteiger partial charge in [-0.05, 0) is 46.5 Å². The quantitative estimate of drug-likeness (QED) is 0.690. The van der Waals surface area contributed by atoms with E-state index in [-0.39, 0.29) is 18.0 Å². The van der Waals surface area contributed by atoms with E-state index in [9.17, 15) is 4.79 Å². The van der Waals surface area contributed by atoms with Crippen molar-refractivity contribution in [1.29, 1.82) is 0 Å². The number of likely N-dealkylation sites (tertiary alicyclic amines) is 1. The van der Waals surface area contributed by atoms with E-state index < -0.39 is 0 Å². The molecular formula is C22H29N7O2. The molecule has 2 aliphatic rings. The fraction of sp³-hybridized carbons (Fsp3) is 0.545. The molecule has 3 aromatic heterocycles. The number of aromatic nitrogens is 4. The van der Waals surface area contributed by atoms with E-state index in [0.717, 1.165) is 72.8 Å². The van der Waals surface area contributed by atoms with Gasteiger partial charge in [-0.2, -0.15) is 5.10 Å². The highest BCUT2D eigenvalue weighted by Crippen LogP contribution is 2.33. The molecular weight excluding hydrogens is 394 g/mol. The number of carbonyl (C=O) groups excluding carboxylic acids is 1. The van der Waals surface area contributed by atoms with Crippen molar-refractivity contribution in [2.24, 2.45) is 5.73 Å². The molecule has 5 rings (SSSR count). The number of nitrogens with two attached hydrogens (primary N) is 1. The number of hydrogen-bond acceptors (Lipinski definition) is 7. The summed E-state index contributed by atoms with van der Waals surface area (Å²) in [4.78, 5) is 22.3. The number of nitrogens with zero attached hydrogens (tertiary/aromatic N) is 6. The Hall–Kier alpha value is -2.94. The molecule has 9 heteroatoms. The van der Waals surface area contributed by atoms with Gasteiger partial charge >= 0.3 is 0 Å². The standard InChI is InChI=1S/C22H29N7O2/c1-13-11-29-19(24-21(13)27-9-7-16(23)12-27)10-17(25-29)18-6-4-5-8-28(18)22(30)20-14(2)15(3)26-31-20/h10-11,16,18H,4-9,12,23H2,1-3H3/t16-,18-/m0/s1. The van der Waals surface area contributed by atoms with E-state index in [1.807, 2.05) is 35.5 Å². The molecule has 31 heavy (non-hydrogen) atoms. The topological polar surface area (TPSA) is 106 Å². The van der Waals surface area contributed by atoms with Crippen LogP contribution in [0.4, 0.5) is 5.82 Å². The summed E-state index contributed by atoms with van der Waals surface area (Å²) in [5, 5.41) is 8.77. The summed E-state index contributed by atoms with van der Waals surface area (Å²) in [6, 6.07) is 2.10. The van der Waals surface area contributed by atoms with Gasteiger partial charge in [0.15, 0.2) is 5.65 Å². The third-order valence-corrected chi connectivity index (χ3v) is 6.60. The summed E-state index contributed by atoms with van der Waals surface area (Å²) >= 11 is 0. The number of amides is 1. The molecule has 164 valence electrons. The number of aryl methyl sites for hydroxylation is 2. The van der Waals surface area contributed by atoms with Crippen LogP contribution in [0.2, 0.25) is 0 Å². The molecule has 2 fully saturated rings. The smallest absolute Gasteiger partial charge is 0.293 e. The zero-order chi connectivity index (χ0) is 21.7. The van der Waals surface area contributed by atoms with Gasteiger partial charge in [-0.15, -0.1) is 0 Å². The van der Waals surface area contributed by atoms with Crippen LogP contribution in [0.15, 0.2) is 16.8 Å². The monoisotopic (exact) mass is 423 g/mol. The SMILES string of the molecule is Cc1cn2nc([C@@H]3CCCCN3C(=O)c3onc(C)c3C)cc2nc1N1CC[C@H](N)C1. The van der Waals surface area contributed by atoms with Gasteiger partial charge in [0, 0.05) is 49.1 Å². The lowest BCUT2D eigenvalue weighted by Crippen LogP contribution is -2.38. The van der Waals surface area contributed by atoms with Crippen molar-refractivity contribution >= 4 is 17.4 Å². The molecule has 1 amide bonds. The average Bonchev–Trinajstić information content (AvgIpc) is 3.46. The molecule has 2 N–H and O–H groups in total. The first-order chi connectivity index (χ1) is 14.9. The number of carbonyl (C=O) groups is 1. The normalized spacial score (nSPS) is 21.9. The van der Waals surface area contributed by atoms with Crippen LogP contribution in [0, 0.1) is 20.8 Å². The van der Waals surface area contributed by atoms with Crippen molar-refractivity contribution in [3.63, 3.8) is 0 Å². The Morgan fingerprint density at radius 2 is 2.03 bits per heavy atom. The van der Waals surface area contributed by atoms with E-state index in [0.29, 0.717) is 12.3 Å². The van der Waals surface area contributed by atoms with E-state index in [2.05, 4.69) is 17.0 Å². The summed E-state index contributed by atoms with van der Waals surface area (Å²) in [6.45, 7) is 8.21. The molecule has 0 radical (unpaired) electrons. The highest BCUT2D eigenvalue weighted by Gasteiger charge is 2.33. The lowest BCUT2D eigenvalue weighted by molar-refractivity contribution is 0.0562. The predicted octanol–water partition coefficient (Wildman–Crippen LogP) is 2.55. The van der Waals surface area contributed by atoms with Gasteiger partial charge in [0.25, 0.3) is 5.91 Å². The van der Waals surface area contributed by atoms with Gasteiger partial charge < -0.3 is 20.1 Å². The molecule has 0 unspecified atom stereocenters. The first-order valence-electron chi connectivity index (χ1n) is 11.0. The maximum absolute atomic E-state index is 13.3. The lowest BCUT2D eigenvalue weighted by Gasteiger charge is -2.34. The molecule has 5 heterocycles. The van der Waals surface area contributed by atoms with Crippen LogP contribution in [0.25, 0.3) is 5.65 Å². The van der Waals surface area contributed by atoms with Crippen LogP contribution in [0.1, 0.15) is 64.8 Å². The van der Waals surface area contributed by atoms with E-state index in [1.165, 1.54) is 0 Å². The Labute approximate surface area is 181 Å². The summed E-state index contributed by atoms with van der Waals surface area (Å²) in [5.74, 6) is 1.18. The molecule has 9 nitrogen and oxygen atoms in total. The largest absolute Gasteiger partial charge is 0.355 e. The summed E-state index contributed by atoms with van der Waals surface area (Å²) in [5.41, 5.74) is 10.4. The second-order valence-corrected chi connectivity index (χ2v) is 8.85. The minimum Gasteiger partial charge on any atom is -0.355 e. The van der Waals surface area contributed by atoms with E-state index >= 15 is 0 Å². The number of anilines is 1. The molecule has 2 saturated heterocycles. The number of rotatable bonds is 3. The fourth-order valence-electron chi connectivity index (χ4n) is 4.71. The molecule has 3 aromatic rings. The van der Waals surface area contributed by atoms with Gasteiger partial charge in [0.1, 0.15) is 5.82 Å². The molecule has 0 aromatic carbocycles. The van der Waals surface area contributed by atoms with E-state index in [1.54, 1.807) is 0 Å². The maximum Gasteiger partial charge on any atom is 0.293 e. The average molecular weight is 424 g/mol. The van der Waals surface area contributed by atoms with Crippen molar-refractivity contribution in [2.75, 3.05) is 24.5 Å². The van der Waals surface area contributed by atoms with Gasteiger partial charge in [-0.3, -0.25) is 4.79 Å². The van der Waals surface area contributed by atoms with Crippen LogP contribution >= 0.6 is 0 Å². The van der Waals surface area contributed by atoms with Gasteiger partial charge in [0.05, 0.1) is 17.4 Å². The number of piperidine rings is 1. The molecule has 0 aliphatic carbocycles. The van der Waals surface area contributed by atoms with Crippen LogP contribution < -0.4 is 10.6 Å². The molecule has 2 atom stereocenters. The summed E-state index contributed by atoms with van der Waals surface area (Å²) < 4.78 is 7.18. The first-order valence-corrected chi connectivity index (χ1v) is 11.0. The molecule has 0 spiro atoms. The van der Waals surface area contributed by atoms with Crippen molar-refractivity contribution in [3.8, 4) is 0 Å². The Kier molecular flexibility index (Phi) is 4.92. The second kappa shape index (κ2) is 7.64. The van der Waals surface area contributed by atoms with Gasteiger partial charge in [0.2, 0.25) is 5.76 Å². The van der Waals surface area contributed by atoms with Crippen LogP contribution in [0.5, 0.6) is 0 Å². The lowest BCUT2D eigenvalue weighted by atomic mass is 9.98. The molecule has 2 aliphatic heterocycles. The third kappa shape index (κ3) is 3.46. The number of hydrogen-bond donors (Lipinski definition) is 1. The maximum atomic E-state index is 13.3. The Morgan fingerprint density at radius 3 is 2.74 bits per heavy atom. The van der Waals surface area contributed by atoms with Gasteiger partial charge in [-0.1, -0.05) is 5.16 Å².